The average Bonchev–Trinajstić information content (AvgIpc) is 3.12. The van der Waals surface area contributed by atoms with Crippen LogP contribution in [0.5, 0.6) is 0 Å². The Hall–Kier alpha value is -2.59. The molecule has 2 heterocycles. The lowest BCUT2D eigenvalue weighted by Crippen LogP contribution is -2.39. The highest BCUT2D eigenvalue weighted by atomic mass is 16.1. The van der Waals surface area contributed by atoms with E-state index in [-0.39, 0.29) is 5.91 Å². The van der Waals surface area contributed by atoms with Gasteiger partial charge in [-0.25, -0.2) is 0 Å². The Morgan fingerprint density at radius 1 is 1.03 bits per heavy atom. The van der Waals surface area contributed by atoms with Gasteiger partial charge in [0.05, 0.1) is 0 Å². The Balaban J connectivity index is 1.38. The lowest BCUT2D eigenvalue weighted by molar-refractivity contribution is -0.121. The Kier molecular flexibility index (Phi) is 6.00. The van der Waals surface area contributed by atoms with Gasteiger partial charge in [-0.15, -0.1) is 0 Å². The first kappa shape index (κ1) is 19.7. The number of likely N-dealkylation sites (tertiary alicyclic amines) is 1. The van der Waals surface area contributed by atoms with E-state index in [4.69, 9.17) is 0 Å². The van der Waals surface area contributed by atoms with Gasteiger partial charge in [0.1, 0.15) is 6.54 Å². The van der Waals surface area contributed by atoms with Crippen molar-refractivity contribution in [2.75, 3.05) is 26.2 Å². The highest BCUT2D eigenvalue weighted by molar-refractivity contribution is 5.87. The van der Waals surface area contributed by atoms with Crippen LogP contribution >= 0.6 is 0 Å². The number of piperidine rings is 1. The number of aromatic nitrogens is 1. The number of carbonyl (C=O) groups is 1. The summed E-state index contributed by atoms with van der Waals surface area (Å²) in [7, 11) is 0. The zero-order valence-corrected chi connectivity index (χ0v) is 17.5. The Morgan fingerprint density at radius 3 is 2.52 bits per heavy atom. The maximum Gasteiger partial charge on any atom is 0.239 e. The van der Waals surface area contributed by atoms with Gasteiger partial charge in [-0.3, -0.25) is 4.79 Å². The van der Waals surface area contributed by atoms with Gasteiger partial charge < -0.3 is 14.8 Å². The molecule has 0 bridgehead atoms. The van der Waals surface area contributed by atoms with Gasteiger partial charge in [0.2, 0.25) is 5.91 Å². The van der Waals surface area contributed by atoms with Gasteiger partial charge in [-0.1, -0.05) is 48.9 Å². The van der Waals surface area contributed by atoms with Crippen LogP contribution in [0.25, 0.3) is 22.0 Å². The summed E-state index contributed by atoms with van der Waals surface area (Å²) < 4.78 is 2.05. The lowest BCUT2D eigenvalue weighted by Gasteiger charge is -2.30. The molecule has 1 N–H and O–H groups in total. The van der Waals surface area contributed by atoms with Crippen LogP contribution in [0.3, 0.4) is 0 Å². The highest BCUT2D eigenvalue weighted by Crippen LogP contribution is 2.25. The van der Waals surface area contributed by atoms with E-state index in [2.05, 4.69) is 72.6 Å². The molecule has 0 atom stereocenters. The minimum Gasteiger partial charge on any atom is -0.353 e. The van der Waals surface area contributed by atoms with Gasteiger partial charge in [0.25, 0.3) is 0 Å². The standard InChI is InChI=1S/C25H31N3O/c1-19-3-5-21(6-4-19)23-8-7-22-11-15-28(24(22)17-23)18-25(29)26-12-16-27-13-9-20(2)10-14-27/h3-8,11,15,17,20H,9-10,12-14,16,18H2,1-2H3,(H,26,29). The first-order valence-electron chi connectivity index (χ1n) is 10.7. The fraction of sp³-hybridized carbons (Fsp3) is 0.400. The zero-order chi connectivity index (χ0) is 20.2. The van der Waals surface area contributed by atoms with Crippen molar-refractivity contribution < 1.29 is 4.79 Å². The van der Waals surface area contributed by atoms with E-state index >= 15 is 0 Å². The van der Waals surface area contributed by atoms with Crippen LogP contribution in [0.4, 0.5) is 0 Å². The molecule has 0 radical (unpaired) electrons. The van der Waals surface area contributed by atoms with Crippen LogP contribution in [0.15, 0.2) is 54.7 Å². The molecule has 1 aliphatic heterocycles. The molecule has 0 saturated carbocycles. The Morgan fingerprint density at radius 2 is 1.76 bits per heavy atom. The molecule has 0 spiro atoms. The van der Waals surface area contributed by atoms with Gasteiger partial charge >= 0.3 is 0 Å². The van der Waals surface area contributed by atoms with E-state index < -0.39 is 0 Å². The maximum absolute atomic E-state index is 12.5. The molecule has 4 nitrogen and oxygen atoms in total. The van der Waals surface area contributed by atoms with Gasteiger partial charge in [0, 0.05) is 24.8 Å². The second kappa shape index (κ2) is 8.83. The molecule has 1 aliphatic rings. The van der Waals surface area contributed by atoms with Crippen LogP contribution in [0, 0.1) is 12.8 Å². The number of aryl methyl sites for hydroxylation is 1. The number of hydrogen-bond donors (Lipinski definition) is 1. The SMILES string of the molecule is Cc1ccc(-c2ccc3ccn(CC(=O)NCCN4CCC(C)CC4)c3c2)cc1. The summed E-state index contributed by atoms with van der Waals surface area (Å²) in [6.45, 7) is 8.76. The predicted molar refractivity (Wildman–Crippen MR) is 120 cm³/mol. The third-order valence-corrected chi connectivity index (χ3v) is 6.10. The summed E-state index contributed by atoms with van der Waals surface area (Å²) in [5.41, 5.74) is 4.74. The predicted octanol–water partition coefficient (Wildman–Crippen LogP) is 4.46. The first-order valence-corrected chi connectivity index (χ1v) is 10.7. The van der Waals surface area contributed by atoms with Crippen molar-refractivity contribution in [3.05, 3.63) is 60.3 Å². The summed E-state index contributed by atoms with van der Waals surface area (Å²) in [6, 6.07) is 17.1. The summed E-state index contributed by atoms with van der Waals surface area (Å²) in [4.78, 5) is 14.9. The molecule has 29 heavy (non-hydrogen) atoms. The molecule has 3 aromatic rings. The van der Waals surface area contributed by atoms with Crippen LogP contribution < -0.4 is 5.32 Å². The Bertz CT molecular complexity index is 965. The fourth-order valence-electron chi connectivity index (χ4n) is 4.10. The third-order valence-electron chi connectivity index (χ3n) is 6.10. The normalized spacial score (nSPS) is 15.7. The minimum absolute atomic E-state index is 0.0774. The van der Waals surface area contributed by atoms with Crippen molar-refractivity contribution in [2.45, 2.75) is 33.2 Å². The van der Waals surface area contributed by atoms with E-state index in [1.54, 1.807) is 0 Å². The van der Waals surface area contributed by atoms with Gasteiger partial charge in [-0.2, -0.15) is 0 Å². The van der Waals surface area contributed by atoms with Crippen molar-refractivity contribution >= 4 is 16.8 Å². The number of nitrogens with zero attached hydrogens (tertiary/aromatic N) is 2. The average molecular weight is 390 g/mol. The van der Waals surface area contributed by atoms with E-state index in [0.717, 1.165) is 43.0 Å². The number of fused-ring (bicyclic) bond motifs is 1. The largest absolute Gasteiger partial charge is 0.353 e. The highest BCUT2D eigenvalue weighted by Gasteiger charge is 2.15. The van der Waals surface area contributed by atoms with Crippen molar-refractivity contribution in [2.24, 2.45) is 5.92 Å². The summed E-state index contributed by atoms with van der Waals surface area (Å²) in [6.07, 6.45) is 4.55. The second-order valence-electron chi connectivity index (χ2n) is 8.46. The number of nitrogens with one attached hydrogen (secondary N) is 1. The number of benzene rings is 2. The summed E-state index contributed by atoms with van der Waals surface area (Å²) in [5.74, 6) is 0.918. The molecule has 4 heteroatoms. The summed E-state index contributed by atoms with van der Waals surface area (Å²) in [5, 5.41) is 4.26. The molecule has 1 aromatic heterocycles. The van der Waals surface area contributed by atoms with Gasteiger partial charge in [-0.05, 0) is 67.4 Å². The monoisotopic (exact) mass is 389 g/mol. The molecule has 1 fully saturated rings. The molecule has 0 unspecified atom stereocenters. The fourth-order valence-corrected chi connectivity index (χ4v) is 4.10. The molecular weight excluding hydrogens is 358 g/mol. The van der Waals surface area contributed by atoms with Crippen LogP contribution in [-0.2, 0) is 11.3 Å². The number of amides is 1. The van der Waals surface area contributed by atoms with E-state index in [1.807, 2.05) is 10.8 Å². The molecule has 0 aliphatic carbocycles. The van der Waals surface area contributed by atoms with Crippen LogP contribution in [0.1, 0.15) is 25.3 Å². The third kappa shape index (κ3) is 4.88. The molecule has 4 rings (SSSR count). The van der Waals surface area contributed by atoms with Crippen molar-refractivity contribution in [1.82, 2.24) is 14.8 Å². The molecule has 1 amide bonds. The first-order chi connectivity index (χ1) is 14.1. The van der Waals surface area contributed by atoms with E-state index in [1.165, 1.54) is 29.5 Å². The van der Waals surface area contributed by atoms with E-state index in [9.17, 15) is 4.79 Å². The molecular formula is C25H31N3O. The van der Waals surface area contributed by atoms with E-state index in [0.29, 0.717) is 6.54 Å². The molecule has 2 aromatic carbocycles. The van der Waals surface area contributed by atoms with Crippen molar-refractivity contribution in [3.63, 3.8) is 0 Å². The molecule has 1 saturated heterocycles. The number of hydrogen-bond acceptors (Lipinski definition) is 2. The number of rotatable bonds is 6. The topological polar surface area (TPSA) is 37.3 Å². The van der Waals surface area contributed by atoms with Crippen molar-refractivity contribution in [3.8, 4) is 11.1 Å². The van der Waals surface area contributed by atoms with Gasteiger partial charge in [0.15, 0.2) is 0 Å². The molecule has 152 valence electrons. The maximum atomic E-state index is 12.5. The van der Waals surface area contributed by atoms with Crippen molar-refractivity contribution in [1.29, 1.82) is 0 Å². The Labute approximate surface area is 173 Å². The van der Waals surface area contributed by atoms with Crippen LogP contribution in [0.2, 0.25) is 0 Å². The summed E-state index contributed by atoms with van der Waals surface area (Å²) >= 11 is 0. The zero-order valence-electron chi connectivity index (χ0n) is 17.5. The second-order valence-corrected chi connectivity index (χ2v) is 8.46. The minimum atomic E-state index is 0.0774. The smallest absolute Gasteiger partial charge is 0.239 e. The van der Waals surface area contributed by atoms with Crippen LogP contribution in [-0.4, -0.2) is 41.6 Å². The number of carbonyl (C=O) groups excluding carboxylic acids is 1. The lowest BCUT2D eigenvalue weighted by atomic mass is 9.99. The quantitative estimate of drug-likeness (QED) is 0.676.